The van der Waals surface area contributed by atoms with Gasteiger partial charge in [0.05, 0.1) is 11.1 Å². The first-order valence-electron chi connectivity index (χ1n) is 8.52. The van der Waals surface area contributed by atoms with Crippen molar-refractivity contribution in [1.29, 1.82) is 0 Å². The summed E-state index contributed by atoms with van der Waals surface area (Å²) in [6.07, 6.45) is 0. The molecule has 1 aromatic carbocycles. The number of aryl methyl sites for hydroxylation is 2. The standard InChI is InChI=1S/C19H20N4O3S2/c1-10-5-6-12(7-11(10)2)13-8-27-16-15(13)17(25)23(4)19(22-16)28-9-14(24)21-18(26)20-3/h5-8H,9H2,1-4H3,(H2,20,21,24,26). The van der Waals surface area contributed by atoms with Gasteiger partial charge in [-0.25, -0.2) is 9.78 Å². The Morgan fingerprint density at radius 2 is 2.00 bits per heavy atom. The van der Waals surface area contributed by atoms with Crippen LogP contribution in [0, 0.1) is 13.8 Å². The highest BCUT2D eigenvalue weighted by molar-refractivity contribution is 7.99. The second-order valence-corrected chi connectivity index (χ2v) is 8.10. The van der Waals surface area contributed by atoms with Crippen molar-refractivity contribution in [2.24, 2.45) is 7.05 Å². The number of urea groups is 1. The maximum Gasteiger partial charge on any atom is 0.321 e. The molecular formula is C19H20N4O3S2. The second-order valence-electron chi connectivity index (χ2n) is 6.30. The van der Waals surface area contributed by atoms with Crippen LogP contribution in [0.3, 0.4) is 0 Å². The molecule has 9 heteroatoms. The van der Waals surface area contributed by atoms with E-state index in [-0.39, 0.29) is 11.3 Å². The van der Waals surface area contributed by atoms with Crippen molar-refractivity contribution in [3.63, 3.8) is 0 Å². The number of carbonyl (C=O) groups excluding carboxylic acids is 2. The molecule has 0 spiro atoms. The number of fused-ring (bicyclic) bond motifs is 1. The van der Waals surface area contributed by atoms with Gasteiger partial charge in [0.25, 0.3) is 5.56 Å². The van der Waals surface area contributed by atoms with Crippen LogP contribution in [0.4, 0.5) is 4.79 Å². The van der Waals surface area contributed by atoms with E-state index in [9.17, 15) is 14.4 Å². The molecule has 2 N–H and O–H groups in total. The Kier molecular flexibility index (Phi) is 5.85. The molecule has 3 aromatic rings. The lowest BCUT2D eigenvalue weighted by Gasteiger charge is -2.08. The number of hydrogen-bond acceptors (Lipinski definition) is 6. The monoisotopic (exact) mass is 416 g/mol. The van der Waals surface area contributed by atoms with Crippen molar-refractivity contribution >= 4 is 45.3 Å². The molecule has 0 aliphatic carbocycles. The highest BCUT2D eigenvalue weighted by Crippen LogP contribution is 2.32. The van der Waals surface area contributed by atoms with Gasteiger partial charge in [-0.3, -0.25) is 19.5 Å². The SMILES string of the molecule is CNC(=O)NC(=O)CSc1nc2scc(-c3ccc(C)c(C)c3)c2c(=O)n1C. The third-order valence-corrected chi connectivity index (χ3v) is 6.31. The minimum absolute atomic E-state index is 0.0193. The van der Waals surface area contributed by atoms with E-state index in [1.165, 1.54) is 28.5 Å². The fraction of sp³-hybridized carbons (Fsp3) is 0.263. The number of imide groups is 1. The largest absolute Gasteiger partial charge is 0.341 e. The number of thiophene rings is 1. The van der Waals surface area contributed by atoms with Gasteiger partial charge in [-0.1, -0.05) is 30.0 Å². The number of nitrogens with zero attached hydrogens (tertiary/aromatic N) is 2. The number of hydrogen-bond donors (Lipinski definition) is 2. The first-order chi connectivity index (χ1) is 13.3. The predicted molar refractivity (Wildman–Crippen MR) is 113 cm³/mol. The molecular weight excluding hydrogens is 396 g/mol. The van der Waals surface area contributed by atoms with E-state index >= 15 is 0 Å². The van der Waals surface area contributed by atoms with Gasteiger partial charge in [0.2, 0.25) is 5.91 Å². The summed E-state index contributed by atoms with van der Waals surface area (Å²) in [7, 11) is 3.06. The molecule has 2 heterocycles. The first-order valence-corrected chi connectivity index (χ1v) is 10.4. The van der Waals surface area contributed by atoms with Crippen LogP contribution in [-0.4, -0.2) is 34.3 Å². The Morgan fingerprint density at radius 1 is 1.25 bits per heavy atom. The zero-order valence-corrected chi connectivity index (χ0v) is 17.6. The van der Waals surface area contributed by atoms with E-state index in [1.807, 2.05) is 24.4 Å². The Balaban J connectivity index is 1.94. The average molecular weight is 417 g/mol. The maximum atomic E-state index is 13.0. The Bertz CT molecular complexity index is 1130. The molecule has 0 saturated carbocycles. The van der Waals surface area contributed by atoms with E-state index < -0.39 is 11.9 Å². The summed E-state index contributed by atoms with van der Waals surface area (Å²) in [5.41, 5.74) is 4.05. The molecule has 0 radical (unpaired) electrons. The third-order valence-electron chi connectivity index (χ3n) is 4.40. The summed E-state index contributed by atoms with van der Waals surface area (Å²) >= 11 is 2.51. The number of amides is 3. The fourth-order valence-electron chi connectivity index (χ4n) is 2.66. The minimum Gasteiger partial charge on any atom is -0.341 e. The van der Waals surface area contributed by atoms with Crippen molar-refractivity contribution in [1.82, 2.24) is 20.2 Å². The maximum absolute atomic E-state index is 13.0. The molecule has 3 rings (SSSR count). The van der Waals surface area contributed by atoms with Crippen molar-refractivity contribution in [3.05, 3.63) is 45.1 Å². The molecule has 0 aliphatic rings. The van der Waals surface area contributed by atoms with Crippen LogP contribution in [0.15, 0.2) is 33.5 Å². The molecule has 0 atom stereocenters. The van der Waals surface area contributed by atoms with Crippen LogP contribution in [0.2, 0.25) is 0 Å². The summed E-state index contributed by atoms with van der Waals surface area (Å²) in [6, 6.07) is 5.55. The van der Waals surface area contributed by atoms with Crippen LogP contribution >= 0.6 is 23.1 Å². The molecule has 3 amide bonds. The summed E-state index contributed by atoms with van der Waals surface area (Å²) in [5, 5.41) is 7.45. The Morgan fingerprint density at radius 3 is 2.68 bits per heavy atom. The fourth-order valence-corrected chi connectivity index (χ4v) is 4.42. The van der Waals surface area contributed by atoms with E-state index in [1.54, 1.807) is 7.05 Å². The number of rotatable bonds is 4. The first kappa shape index (κ1) is 20.1. The quantitative estimate of drug-likeness (QED) is 0.504. The summed E-state index contributed by atoms with van der Waals surface area (Å²) in [6.45, 7) is 4.09. The second kappa shape index (κ2) is 8.15. The van der Waals surface area contributed by atoms with E-state index in [2.05, 4.69) is 28.6 Å². The Hall–Kier alpha value is -2.65. The van der Waals surface area contributed by atoms with Gasteiger partial charge in [-0.2, -0.15) is 0 Å². The van der Waals surface area contributed by atoms with Crippen LogP contribution in [0.1, 0.15) is 11.1 Å². The number of thioether (sulfide) groups is 1. The van der Waals surface area contributed by atoms with Gasteiger partial charge < -0.3 is 5.32 Å². The van der Waals surface area contributed by atoms with Gasteiger partial charge in [0.15, 0.2) is 5.16 Å². The molecule has 0 aliphatic heterocycles. The molecule has 0 fully saturated rings. The smallest absolute Gasteiger partial charge is 0.321 e. The lowest BCUT2D eigenvalue weighted by molar-refractivity contribution is -0.117. The van der Waals surface area contributed by atoms with Crippen molar-refractivity contribution in [3.8, 4) is 11.1 Å². The average Bonchev–Trinajstić information content (AvgIpc) is 3.09. The van der Waals surface area contributed by atoms with E-state index in [4.69, 9.17) is 0 Å². The molecule has 146 valence electrons. The van der Waals surface area contributed by atoms with Crippen molar-refractivity contribution in [2.75, 3.05) is 12.8 Å². The van der Waals surface area contributed by atoms with Gasteiger partial charge in [0, 0.05) is 25.0 Å². The molecule has 2 aromatic heterocycles. The number of carbonyl (C=O) groups is 2. The normalized spacial score (nSPS) is 10.9. The van der Waals surface area contributed by atoms with Crippen LogP contribution in [0.5, 0.6) is 0 Å². The van der Waals surface area contributed by atoms with Crippen molar-refractivity contribution < 1.29 is 9.59 Å². The molecule has 0 bridgehead atoms. The van der Waals surface area contributed by atoms with Crippen LogP contribution < -0.4 is 16.2 Å². The van der Waals surface area contributed by atoms with Crippen LogP contribution in [0.25, 0.3) is 21.3 Å². The lowest BCUT2D eigenvalue weighted by atomic mass is 10.0. The lowest BCUT2D eigenvalue weighted by Crippen LogP contribution is -2.38. The van der Waals surface area contributed by atoms with Gasteiger partial charge >= 0.3 is 6.03 Å². The van der Waals surface area contributed by atoms with Crippen LogP contribution in [-0.2, 0) is 11.8 Å². The number of benzene rings is 1. The van der Waals surface area contributed by atoms with E-state index in [0.29, 0.717) is 15.4 Å². The Labute approximate surface area is 170 Å². The zero-order valence-electron chi connectivity index (χ0n) is 16.0. The highest BCUT2D eigenvalue weighted by atomic mass is 32.2. The topological polar surface area (TPSA) is 93.1 Å². The predicted octanol–water partition coefficient (Wildman–Crippen LogP) is 2.83. The number of nitrogens with one attached hydrogen (secondary N) is 2. The minimum atomic E-state index is -0.570. The molecule has 28 heavy (non-hydrogen) atoms. The molecule has 0 unspecified atom stereocenters. The van der Waals surface area contributed by atoms with Gasteiger partial charge in [-0.15, -0.1) is 11.3 Å². The number of aromatic nitrogens is 2. The third kappa shape index (κ3) is 3.95. The van der Waals surface area contributed by atoms with Crippen molar-refractivity contribution in [2.45, 2.75) is 19.0 Å². The zero-order chi connectivity index (χ0) is 20.4. The van der Waals surface area contributed by atoms with E-state index in [0.717, 1.165) is 28.5 Å². The molecule has 0 saturated heterocycles. The summed E-state index contributed by atoms with van der Waals surface area (Å²) < 4.78 is 1.44. The molecule has 7 nitrogen and oxygen atoms in total. The van der Waals surface area contributed by atoms with Gasteiger partial charge in [-0.05, 0) is 30.5 Å². The highest BCUT2D eigenvalue weighted by Gasteiger charge is 2.17. The summed E-state index contributed by atoms with van der Waals surface area (Å²) in [4.78, 5) is 41.1. The summed E-state index contributed by atoms with van der Waals surface area (Å²) in [5.74, 6) is -0.477. The van der Waals surface area contributed by atoms with Gasteiger partial charge in [0.1, 0.15) is 4.83 Å².